The molecule has 0 aromatic heterocycles. The maximum absolute atomic E-state index is 13.1. The Balaban J connectivity index is 1.40. The summed E-state index contributed by atoms with van der Waals surface area (Å²) < 4.78 is 6.32. The van der Waals surface area contributed by atoms with Gasteiger partial charge in [-0.1, -0.05) is 24.6 Å². The third-order valence-corrected chi connectivity index (χ3v) is 7.72. The Morgan fingerprint density at radius 2 is 1.73 bits per heavy atom. The van der Waals surface area contributed by atoms with Crippen molar-refractivity contribution in [2.45, 2.75) is 58.0 Å². The minimum atomic E-state index is -0.0999. The van der Waals surface area contributed by atoms with E-state index in [1.165, 1.54) is 6.42 Å². The summed E-state index contributed by atoms with van der Waals surface area (Å²) in [5.41, 5.74) is 0. The largest absolute Gasteiger partial charge is 0.490 e. The predicted molar refractivity (Wildman–Crippen MR) is 130 cm³/mol. The molecule has 2 amide bonds. The summed E-state index contributed by atoms with van der Waals surface area (Å²) in [7, 11) is 0. The highest BCUT2D eigenvalue weighted by molar-refractivity contribution is 6.30. The van der Waals surface area contributed by atoms with Crippen LogP contribution in [0.5, 0.6) is 5.75 Å². The minimum absolute atomic E-state index is 0.0162. The molecule has 182 valence electrons. The van der Waals surface area contributed by atoms with Crippen LogP contribution in [0.1, 0.15) is 51.9 Å². The van der Waals surface area contributed by atoms with Gasteiger partial charge in [-0.25, -0.2) is 0 Å². The first-order valence-corrected chi connectivity index (χ1v) is 13.1. The van der Waals surface area contributed by atoms with Crippen LogP contribution in [-0.2, 0) is 9.59 Å². The number of rotatable bonds is 6. The number of amides is 2. The third kappa shape index (κ3) is 6.86. The smallest absolute Gasteiger partial charge is 0.236 e. The van der Waals surface area contributed by atoms with Crippen LogP contribution in [0, 0.1) is 11.8 Å². The van der Waals surface area contributed by atoms with Crippen LogP contribution in [0.3, 0.4) is 0 Å². The van der Waals surface area contributed by atoms with Gasteiger partial charge in [0.25, 0.3) is 0 Å². The van der Waals surface area contributed by atoms with Crippen LogP contribution in [0.25, 0.3) is 0 Å². The highest BCUT2D eigenvalue weighted by Gasteiger charge is 2.36. The molecule has 6 nitrogen and oxygen atoms in total. The summed E-state index contributed by atoms with van der Waals surface area (Å²) in [6.07, 6.45) is 6.74. The molecule has 2 atom stereocenters. The fourth-order valence-electron chi connectivity index (χ4n) is 5.31. The van der Waals surface area contributed by atoms with Crippen molar-refractivity contribution in [3.63, 3.8) is 0 Å². The van der Waals surface area contributed by atoms with Crippen LogP contribution < -0.4 is 4.74 Å². The van der Waals surface area contributed by atoms with Crippen molar-refractivity contribution in [2.24, 2.45) is 11.8 Å². The van der Waals surface area contributed by atoms with Crippen molar-refractivity contribution in [3.8, 4) is 5.75 Å². The van der Waals surface area contributed by atoms with Crippen LogP contribution in [0.4, 0.5) is 0 Å². The molecule has 0 saturated carbocycles. The molecule has 7 heteroatoms. The van der Waals surface area contributed by atoms with Crippen LogP contribution in [0.15, 0.2) is 24.3 Å². The molecular weight excluding hydrogens is 438 g/mol. The summed E-state index contributed by atoms with van der Waals surface area (Å²) in [4.78, 5) is 32.4. The molecule has 33 heavy (non-hydrogen) atoms. The lowest BCUT2D eigenvalue weighted by Gasteiger charge is -2.40. The summed E-state index contributed by atoms with van der Waals surface area (Å²) in [6.45, 7) is 7.71. The number of hydrogen-bond donors (Lipinski definition) is 0. The lowest BCUT2D eigenvalue weighted by Crippen LogP contribution is -2.52. The first-order chi connectivity index (χ1) is 16.0. The van der Waals surface area contributed by atoms with Gasteiger partial charge < -0.3 is 14.5 Å². The molecule has 0 N–H and O–H groups in total. The van der Waals surface area contributed by atoms with E-state index in [-0.39, 0.29) is 23.8 Å². The van der Waals surface area contributed by atoms with E-state index >= 15 is 0 Å². The van der Waals surface area contributed by atoms with Gasteiger partial charge in [-0.05, 0) is 69.3 Å². The Kier molecular flexibility index (Phi) is 8.53. The standard InChI is InChI=1S/C26H38ClN3O3/c1-20-8-13-28(14-9-20)19-26(32)30-15-10-24(33-23-7-5-6-22(27)17-23)21(18-30)16-25(31)29-11-3-2-4-12-29/h5-7,17,20-21,24H,2-4,8-16,18-19H2,1H3/t21-,24-/m0/s1. The number of carbonyl (C=O) groups excluding carboxylic acids is 2. The van der Waals surface area contributed by atoms with Crippen LogP contribution in [0.2, 0.25) is 5.02 Å². The third-order valence-electron chi connectivity index (χ3n) is 7.48. The van der Waals surface area contributed by atoms with Gasteiger partial charge in [0.15, 0.2) is 0 Å². The monoisotopic (exact) mass is 475 g/mol. The molecule has 3 aliphatic rings. The molecule has 1 aromatic rings. The molecular formula is C26H38ClN3O3. The average molecular weight is 476 g/mol. The van der Waals surface area contributed by atoms with Crippen molar-refractivity contribution >= 4 is 23.4 Å². The quantitative estimate of drug-likeness (QED) is 0.622. The number of piperidine rings is 3. The Labute approximate surface area is 203 Å². The summed E-state index contributed by atoms with van der Waals surface area (Å²) in [5.74, 6) is 1.84. The summed E-state index contributed by atoms with van der Waals surface area (Å²) in [5, 5.41) is 0.636. The molecule has 0 bridgehead atoms. The number of ether oxygens (including phenoxy) is 1. The fourth-order valence-corrected chi connectivity index (χ4v) is 5.49. The molecule has 0 radical (unpaired) electrons. The molecule has 3 aliphatic heterocycles. The van der Waals surface area contributed by atoms with Crippen molar-refractivity contribution in [2.75, 3.05) is 45.8 Å². The van der Waals surface area contributed by atoms with Gasteiger partial charge in [0.1, 0.15) is 11.9 Å². The highest BCUT2D eigenvalue weighted by Crippen LogP contribution is 2.28. The second-order valence-electron chi connectivity index (χ2n) is 10.1. The molecule has 0 aliphatic carbocycles. The topological polar surface area (TPSA) is 53.1 Å². The molecule has 0 spiro atoms. The Morgan fingerprint density at radius 3 is 2.45 bits per heavy atom. The molecule has 1 aromatic carbocycles. The van der Waals surface area contributed by atoms with Gasteiger partial charge in [-0.2, -0.15) is 0 Å². The van der Waals surface area contributed by atoms with E-state index in [4.69, 9.17) is 16.3 Å². The summed E-state index contributed by atoms with van der Waals surface area (Å²) >= 11 is 6.15. The number of hydrogen-bond acceptors (Lipinski definition) is 4. The number of benzene rings is 1. The maximum Gasteiger partial charge on any atom is 0.236 e. The molecule has 3 saturated heterocycles. The van der Waals surface area contributed by atoms with E-state index in [1.807, 2.05) is 34.1 Å². The van der Waals surface area contributed by atoms with E-state index in [2.05, 4.69) is 11.8 Å². The minimum Gasteiger partial charge on any atom is -0.490 e. The van der Waals surface area contributed by atoms with E-state index in [1.54, 1.807) is 0 Å². The van der Waals surface area contributed by atoms with Gasteiger partial charge in [0.2, 0.25) is 11.8 Å². The van der Waals surface area contributed by atoms with Crippen molar-refractivity contribution in [1.82, 2.24) is 14.7 Å². The van der Waals surface area contributed by atoms with Gasteiger partial charge in [-0.3, -0.25) is 14.5 Å². The van der Waals surface area contributed by atoms with E-state index in [9.17, 15) is 9.59 Å². The van der Waals surface area contributed by atoms with Gasteiger partial charge in [0, 0.05) is 50.0 Å². The van der Waals surface area contributed by atoms with E-state index < -0.39 is 0 Å². The number of halogens is 1. The van der Waals surface area contributed by atoms with E-state index in [0.29, 0.717) is 31.1 Å². The van der Waals surface area contributed by atoms with Gasteiger partial charge >= 0.3 is 0 Å². The van der Waals surface area contributed by atoms with Crippen molar-refractivity contribution in [1.29, 1.82) is 0 Å². The summed E-state index contributed by atoms with van der Waals surface area (Å²) in [6, 6.07) is 7.43. The lowest BCUT2D eigenvalue weighted by atomic mass is 9.90. The molecule has 3 heterocycles. The maximum atomic E-state index is 13.1. The number of likely N-dealkylation sites (tertiary alicyclic amines) is 3. The number of nitrogens with zero attached hydrogens (tertiary/aromatic N) is 3. The zero-order chi connectivity index (χ0) is 23.2. The first kappa shape index (κ1) is 24.3. The predicted octanol–water partition coefficient (Wildman–Crippen LogP) is 4.07. The average Bonchev–Trinajstić information content (AvgIpc) is 2.82. The highest BCUT2D eigenvalue weighted by atomic mass is 35.5. The van der Waals surface area contributed by atoms with Crippen molar-refractivity contribution < 1.29 is 14.3 Å². The first-order valence-electron chi connectivity index (χ1n) is 12.7. The molecule has 0 unspecified atom stereocenters. The normalized spacial score (nSPS) is 25.2. The Morgan fingerprint density at radius 1 is 0.970 bits per heavy atom. The fraction of sp³-hybridized carbons (Fsp3) is 0.692. The second-order valence-corrected chi connectivity index (χ2v) is 10.5. The lowest BCUT2D eigenvalue weighted by molar-refractivity contribution is -0.140. The van der Waals surface area contributed by atoms with Gasteiger partial charge in [0.05, 0.1) is 6.54 Å². The van der Waals surface area contributed by atoms with E-state index in [0.717, 1.165) is 70.0 Å². The second kappa shape index (κ2) is 11.6. The van der Waals surface area contributed by atoms with Crippen LogP contribution >= 0.6 is 11.6 Å². The zero-order valence-corrected chi connectivity index (χ0v) is 20.6. The SMILES string of the molecule is CC1CCN(CC(=O)N2CC[C@H](Oc3cccc(Cl)c3)[C@@H](CC(=O)N3CCCCC3)C2)CC1. The zero-order valence-electron chi connectivity index (χ0n) is 19.9. The number of carbonyl (C=O) groups is 2. The Hall–Kier alpha value is -1.79. The van der Waals surface area contributed by atoms with Gasteiger partial charge in [-0.15, -0.1) is 0 Å². The van der Waals surface area contributed by atoms with Crippen LogP contribution in [-0.4, -0.2) is 78.4 Å². The Bertz CT molecular complexity index is 806. The van der Waals surface area contributed by atoms with Crippen molar-refractivity contribution in [3.05, 3.63) is 29.3 Å². The molecule has 3 fully saturated rings. The molecule has 4 rings (SSSR count).